The van der Waals surface area contributed by atoms with Gasteiger partial charge in [-0.15, -0.1) is 22.9 Å². The Labute approximate surface area is 94.7 Å². The van der Waals surface area contributed by atoms with E-state index in [2.05, 4.69) is 29.5 Å². The summed E-state index contributed by atoms with van der Waals surface area (Å²) >= 11 is 7.42. The average Bonchev–Trinajstić information content (AvgIpc) is 2.48. The average molecular weight is 233 g/mol. The molecule has 0 atom stereocenters. The van der Waals surface area contributed by atoms with Crippen LogP contribution in [-0.2, 0) is 6.54 Å². The summed E-state index contributed by atoms with van der Waals surface area (Å²) in [6, 6.07) is 0. The van der Waals surface area contributed by atoms with Crippen LogP contribution in [0.4, 0.5) is 0 Å². The molecule has 1 heterocycles. The molecular formula is C10H17ClN2S. The summed E-state index contributed by atoms with van der Waals surface area (Å²) in [4.78, 5) is 4.40. The molecule has 0 amide bonds. The molecule has 0 bridgehead atoms. The van der Waals surface area contributed by atoms with Crippen molar-refractivity contribution < 1.29 is 0 Å². The highest BCUT2D eigenvalue weighted by Crippen LogP contribution is 2.13. The Kier molecular flexibility index (Phi) is 4.35. The van der Waals surface area contributed by atoms with E-state index in [1.165, 1.54) is 0 Å². The fourth-order valence-electron chi connectivity index (χ4n) is 1.12. The molecule has 0 unspecified atom stereocenters. The number of nitrogens with zero attached hydrogens (tertiary/aromatic N) is 1. The number of aryl methyl sites for hydroxylation is 1. The van der Waals surface area contributed by atoms with Gasteiger partial charge in [-0.2, -0.15) is 0 Å². The molecule has 0 fully saturated rings. The lowest BCUT2D eigenvalue weighted by atomic mass is 10.0. The van der Waals surface area contributed by atoms with Gasteiger partial charge in [0.15, 0.2) is 0 Å². The maximum atomic E-state index is 5.72. The molecule has 0 saturated carbocycles. The van der Waals surface area contributed by atoms with Crippen LogP contribution in [0.15, 0.2) is 5.38 Å². The maximum absolute atomic E-state index is 5.72. The number of rotatable bonds is 5. The predicted octanol–water partition coefficient (Wildman–Crippen LogP) is 2.95. The van der Waals surface area contributed by atoms with Crippen molar-refractivity contribution in [2.75, 3.05) is 5.88 Å². The molecule has 0 saturated heterocycles. The normalized spacial score (nSPS) is 12.0. The lowest BCUT2D eigenvalue weighted by Crippen LogP contribution is -2.39. The van der Waals surface area contributed by atoms with Crippen molar-refractivity contribution in [1.82, 2.24) is 10.3 Å². The minimum absolute atomic E-state index is 0.0985. The molecule has 80 valence electrons. The first-order valence-corrected chi connectivity index (χ1v) is 6.17. The zero-order chi connectivity index (χ0) is 10.6. The summed E-state index contributed by atoms with van der Waals surface area (Å²) in [5.41, 5.74) is 1.20. The van der Waals surface area contributed by atoms with E-state index >= 15 is 0 Å². The van der Waals surface area contributed by atoms with Gasteiger partial charge in [0.25, 0.3) is 0 Å². The molecule has 1 N–H and O–H groups in total. The molecule has 2 nitrogen and oxygen atoms in total. The Morgan fingerprint density at radius 1 is 1.57 bits per heavy atom. The third-order valence-corrected chi connectivity index (χ3v) is 3.26. The number of hydrogen-bond acceptors (Lipinski definition) is 3. The zero-order valence-corrected chi connectivity index (χ0v) is 10.5. The predicted molar refractivity (Wildman–Crippen MR) is 63.1 cm³/mol. The minimum atomic E-state index is 0.0985. The number of aromatic nitrogens is 1. The fraction of sp³-hybridized carbons (Fsp3) is 0.700. The van der Waals surface area contributed by atoms with E-state index in [0.29, 0.717) is 5.88 Å². The highest BCUT2D eigenvalue weighted by atomic mass is 35.5. The van der Waals surface area contributed by atoms with Crippen molar-refractivity contribution in [2.24, 2.45) is 0 Å². The molecule has 0 aliphatic rings. The largest absolute Gasteiger partial charge is 0.305 e. The molecule has 4 heteroatoms. The summed E-state index contributed by atoms with van der Waals surface area (Å²) in [5, 5.41) is 6.67. The third-order valence-electron chi connectivity index (χ3n) is 2.10. The number of alkyl halides is 1. The second-order valence-corrected chi connectivity index (χ2v) is 5.38. The van der Waals surface area contributed by atoms with E-state index in [-0.39, 0.29) is 5.54 Å². The van der Waals surface area contributed by atoms with Gasteiger partial charge in [-0.3, -0.25) is 0 Å². The van der Waals surface area contributed by atoms with Gasteiger partial charge in [0, 0.05) is 29.0 Å². The Morgan fingerprint density at radius 3 is 2.79 bits per heavy atom. The van der Waals surface area contributed by atoms with Crippen LogP contribution in [0.3, 0.4) is 0 Å². The van der Waals surface area contributed by atoms with Crippen molar-refractivity contribution in [2.45, 2.75) is 39.3 Å². The second kappa shape index (κ2) is 5.10. The van der Waals surface area contributed by atoms with E-state index in [1.54, 1.807) is 11.3 Å². The SMILES string of the molecule is Cc1csc(CNC(C)(C)CCCl)n1. The maximum Gasteiger partial charge on any atom is 0.107 e. The zero-order valence-electron chi connectivity index (χ0n) is 8.93. The first kappa shape index (κ1) is 12.0. The molecule has 0 aliphatic heterocycles. The summed E-state index contributed by atoms with van der Waals surface area (Å²) in [5.74, 6) is 0.691. The third kappa shape index (κ3) is 3.95. The van der Waals surface area contributed by atoms with Gasteiger partial charge in [-0.1, -0.05) is 0 Å². The minimum Gasteiger partial charge on any atom is -0.305 e. The van der Waals surface area contributed by atoms with Crippen LogP contribution in [0.5, 0.6) is 0 Å². The van der Waals surface area contributed by atoms with Crippen LogP contribution in [-0.4, -0.2) is 16.4 Å². The molecule has 0 aromatic carbocycles. The van der Waals surface area contributed by atoms with Crippen LogP contribution >= 0.6 is 22.9 Å². The summed E-state index contributed by atoms with van der Waals surface area (Å²) in [7, 11) is 0. The van der Waals surface area contributed by atoms with E-state index in [1.807, 2.05) is 6.92 Å². The molecular weight excluding hydrogens is 216 g/mol. The Morgan fingerprint density at radius 2 is 2.29 bits per heavy atom. The Hall–Kier alpha value is -0.120. The van der Waals surface area contributed by atoms with E-state index in [4.69, 9.17) is 11.6 Å². The van der Waals surface area contributed by atoms with E-state index < -0.39 is 0 Å². The van der Waals surface area contributed by atoms with Crippen molar-refractivity contribution in [3.63, 3.8) is 0 Å². The molecule has 1 rings (SSSR count). The molecule has 1 aromatic heterocycles. The van der Waals surface area contributed by atoms with Crippen LogP contribution in [0.1, 0.15) is 31.0 Å². The number of thiazole rings is 1. The Balaban J connectivity index is 2.40. The Bertz CT molecular complexity index is 283. The van der Waals surface area contributed by atoms with Gasteiger partial charge in [-0.05, 0) is 27.2 Å². The second-order valence-electron chi connectivity index (χ2n) is 4.06. The van der Waals surface area contributed by atoms with Crippen LogP contribution in [0, 0.1) is 6.92 Å². The van der Waals surface area contributed by atoms with Crippen LogP contribution in [0.25, 0.3) is 0 Å². The monoisotopic (exact) mass is 232 g/mol. The molecule has 1 aromatic rings. The van der Waals surface area contributed by atoms with Gasteiger partial charge in [0.1, 0.15) is 5.01 Å². The van der Waals surface area contributed by atoms with Crippen molar-refractivity contribution >= 4 is 22.9 Å². The van der Waals surface area contributed by atoms with Crippen molar-refractivity contribution in [1.29, 1.82) is 0 Å². The number of nitrogens with one attached hydrogen (secondary N) is 1. The molecule has 0 spiro atoms. The van der Waals surface area contributed by atoms with Crippen molar-refractivity contribution in [3.8, 4) is 0 Å². The number of hydrogen-bond donors (Lipinski definition) is 1. The molecule has 0 aliphatic carbocycles. The summed E-state index contributed by atoms with van der Waals surface area (Å²) in [6.45, 7) is 7.18. The first-order chi connectivity index (χ1) is 6.53. The van der Waals surface area contributed by atoms with Gasteiger partial charge in [-0.25, -0.2) is 4.98 Å². The highest BCUT2D eigenvalue weighted by molar-refractivity contribution is 7.09. The highest BCUT2D eigenvalue weighted by Gasteiger charge is 2.16. The number of halogens is 1. The smallest absolute Gasteiger partial charge is 0.107 e. The van der Waals surface area contributed by atoms with Gasteiger partial charge in [0.05, 0.1) is 0 Å². The van der Waals surface area contributed by atoms with E-state index in [0.717, 1.165) is 23.7 Å². The summed E-state index contributed by atoms with van der Waals surface area (Å²) in [6.07, 6.45) is 0.971. The van der Waals surface area contributed by atoms with Crippen molar-refractivity contribution in [3.05, 3.63) is 16.1 Å². The lowest BCUT2D eigenvalue weighted by molar-refractivity contribution is 0.376. The first-order valence-electron chi connectivity index (χ1n) is 4.75. The van der Waals surface area contributed by atoms with Gasteiger partial charge < -0.3 is 5.32 Å². The van der Waals surface area contributed by atoms with E-state index in [9.17, 15) is 0 Å². The standard InChI is InChI=1S/C10H17ClN2S/c1-8-7-14-9(13-8)6-12-10(2,3)4-5-11/h7,12H,4-6H2,1-3H3. The quantitative estimate of drug-likeness (QED) is 0.790. The van der Waals surface area contributed by atoms with Crippen LogP contribution < -0.4 is 5.32 Å². The van der Waals surface area contributed by atoms with Crippen LogP contribution in [0.2, 0.25) is 0 Å². The topological polar surface area (TPSA) is 24.9 Å². The summed E-state index contributed by atoms with van der Waals surface area (Å²) < 4.78 is 0. The lowest BCUT2D eigenvalue weighted by Gasteiger charge is -2.24. The fourth-order valence-corrected chi connectivity index (χ4v) is 2.31. The van der Waals surface area contributed by atoms with Gasteiger partial charge in [0.2, 0.25) is 0 Å². The molecule has 0 radical (unpaired) electrons. The molecule has 14 heavy (non-hydrogen) atoms. The van der Waals surface area contributed by atoms with Gasteiger partial charge >= 0.3 is 0 Å².